The number of hydrogen-bond acceptors (Lipinski definition) is 3. The Labute approximate surface area is 110 Å². The lowest BCUT2D eigenvalue weighted by Gasteiger charge is -2.10. The standard InChI is InChI=1S/C13H7F4NO2/c14-11-5-9(6-18-12(11)7-19)8-2-1-3-10(4-8)20-13(15,16)17/h1-7H. The Morgan fingerprint density at radius 3 is 2.50 bits per heavy atom. The summed E-state index contributed by atoms with van der Waals surface area (Å²) in [6.07, 6.45) is -3.36. The van der Waals surface area contributed by atoms with E-state index in [1.807, 2.05) is 0 Å². The molecule has 7 heteroatoms. The number of hydrogen-bond donors (Lipinski definition) is 0. The van der Waals surface area contributed by atoms with Crippen LogP contribution in [0.4, 0.5) is 17.6 Å². The van der Waals surface area contributed by atoms with Gasteiger partial charge in [-0.3, -0.25) is 4.79 Å². The Hall–Kier alpha value is -2.44. The Morgan fingerprint density at radius 2 is 1.90 bits per heavy atom. The molecule has 2 rings (SSSR count). The van der Waals surface area contributed by atoms with E-state index in [0.717, 1.165) is 18.2 Å². The minimum absolute atomic E-state index is 0.237. The lowest BCUT2D eigenvalue weighted by molar-refractivity contribution is -0.274. The fraction of sp³-hybridized carbons (Fsp3) is 0.0769. The second-order valence-electron chi connectivity index (χ2n) is 3.78. The summed E-state index contributed by atoms with van der Waals surface area (Å²) in [4.78, 5) is 14.0. The van der Waals surface area contributed by atoms with Gasteiger partial charge < -0.3 is 4.74 Å². The lowest BCUT2D eigenvalue weighted by Crippen LogP contribution is -2.17. The van der Waals surface area contributed by atoms with Crippen molar-refractivity contribution in [2.45, 2.75) is 6.36 Å². The van der Waals surface area contributed by atoms with E-state index >= 15 is 0 Å². The number of aldehydes is 1. The lowest BCUT2D eigenvalue weighted by atomic mass is 10.1. The summed E-state index contributed by atoms with van der Waals surface area (Å²) in [5.41, 5.74) is 0.160. The van der Waals surface area contributed by atoms with Gasteiger partial charge in [-0.1, -0.05) is 12.1 Å². The first-order valence-corrected chi connectivity index (χ1v) is 5.36. The first-order chi connectivity index (χ1) is 9.39. The van der Waals surface area contributed by atoms with Crippen LogP contribution in [0.15, 0.2) is 36.5 Å². The van der Waals surface area contributed by atoms with Crippen LogP contribution in [0.2, 0.25) is 0 Å². The molecule has 0 unspecified atom stereocenters. The second kappa shape index (κ2) is 5.28. The number of pyridine rings is 1. The van der Waals surface area contributed by atoms with Crippen molar-refractivity contribution in [3.8, 4) is 16.9 Å². The van der Waals surface area contributed by atoms with Crippen LogP contribution in [0.1, 0.15) is 10.5 Å². The van der Waals surface area contributed by atoms with Gasteiger partial charge in [-0.2, -0.15) is 0 Å². The minimum Gasteiger partial charge on any atom is -0.406 e. The summed E-state index contributed by atoms with van der Waals surface area (Å²) in [5.74, 6) is -1.27. The third-order valence-electron chi connectivity index (χ3n) is 2.38. The molecule has 0 aliphatic rings. The molecule has 1 aromatic heterocycles. The van der Waals surface area contributed by atoms with Gasteiger partial charge in [-0.05, 0) is 23.8 Å². The summed E-state index contributed by atoms with van der Waals surface area (Å²) >= 11 is 0. The van der Waals surface area contributed by atoms with E-state index in [0.29, 0.717) is 0 Å². The summed E-state index contributed by atoms with van der Waals surface area (Å²) in [6.45, 7) is 0. The number of carbonyl (C=O) groups excluding carboxylic acids is 1. The van der Waals surface area contributed by atoms with Gasteiger partial charge in [0.25, 0.3) is 0 Å². The van der Waals surface area contributed by atoms with Gasteiger partial charge >= 0.3 is 6.36 Å². The highest BCUT2D eigenvalue weighted by molar-refractivity contribution is 5.74. The summed E-state index contributed by atoms with van der Waals surface area (Å²) in [5, 5.41) is 0. The number of halogens is 4. The topological polar surface area (TPSA) is 39.2 Å². The third-order valence-corrected chi connectivity index (χ3v) is 2.38. The van der Waals surface area contributed by atoms with Crippen LogP contribution in [0, 0.1) is 5.82 Å². The van der Waals surface area contributed by atoms with Gasteiger partial charge in [-0.15, -0.1) is 13.2 Å². The molecule has 0 atom stereocenters. The monoisotopic (exact) mass is 285 g/mol. The number of ether oxygens (including phenoxy) is 1. The number of nitrogens with zero attached hydrogens (tertiary/aromatic N) is 1. The second-order valence-corrected chi connectivity index (χ2v) is 3.78. The minimum atomic E-state index is -4.80. The van der Waals surface area contributed by atoms with E-state index in [1.54, 1.807) is 0 Å². The van der Waals surface area contributed by atoms with Gasteiger partial charge in [0.2, 0.25) is 0 Å². The first-order valence-electron chi connectivity index (χ1n) is 5.36. The molecule has 0 bridgehead atoms. The summed E-state index contributed by atoms with van der Waals surface area (Å²) < 4.78 is 53.5. The molecule has 0 saturated carbocycles. The van der Waals surface area contributed by atoms with Crippen molar-refractivity contribution in [2.24, 2.45) is 0 Å². The molecule has 2 aromatic rings. The van der Waals surface area contributed by atoms with Gasteiger partial charge in [0.05, 0.1) is 0 Å². The maximum Gasteiger partial charge on any atom is 0.573 e. The smallest absolute Gasteiger partial charge is 0.406 e. The molecule has 104 valence electrons. The molecule has 0 amide bonds. The van der Waals surface area contributed by atoms with E-state index in [1.165, 1.54) is 18.3 Å². The van der Waals surface area contributed by atoms with E-state index in [2.05, 4.69) is 9.72 Å². The number of benzene rings is 1. The SMILES string of the molecule is O=Cc1ncc(-c2cccc(OC(F)(F)F)c2)cc1F. The van der Waals surface area contributed by atoms with Crippen LogP contribution in [-0.2, 0) is 0 Å². The fourth-order valence-corrected chi connectivity index (χ4v) is 1.57. The zero-order valence-electron chi connectivity index (χ0n) is 9.82. The quantitative estimate of drug-likeness (QED) is 0.639. The van der Waals surface area contributed by atoms with Crippen molar-refractivity contribution in [3.05, 3.63) is 48.0 Å². The number of alkyl halides is 3. The Balaban J connectivity index is 2.36. The van der Waals surface area contributed by atoms with Gasteiger partial charge in [0, 0.05) is 11.8 Å². The van der Waals surface area contributed by atoms with E-state index in [4.69, 9.17) is 0 Å². The average Bonchev–Trinajstić information content (AvgIpc) is 2.37. The van der Waals surface area contributed by atoms with Crippen LogP contribution in [0.3, 0.4) is 0 Å². The zero-order valence-corrected chi connectivity index (χ0v) is 9.82. The van der Waals surface area contributed by atoms with Crippen molar-refractivity contribution in [2.75, 3.05) is 0 Å². The van der Waals surface area contributed by atoms with Crippen molar-refractivity contribution in [3.63, 3.8) is 0 Å². The Bertz CT molecular complexity index is 641. The van der Waals surface area contributed by atoms with Crippen molar-refractivity contribution in [1.82, 2.24) is 4.98 Å². The predicted molar refractivity (Wildman–Crippen MR) is 61.7 cm³/mol. The molecule has 0 saturated heterocycles. The highest BCUT2D eigenvalue weighted by Gasteiger charge is 2.31. The highest BCUT2D eigenvalue weighted by atomic mass is 19.4. The predicted octanol–water partition coefficient (Wildman–Crippen LogP) is 3.60. The molecular formula is C13H7F4NO2. The molecule has 1 heterocycles. The Kier molecular flexibility index (Phi) is 3.69. The van der Waals surface area contributed by atoms with Gasteiger partial charge in [-0.25, -0.2) is 9.37 Å². The molecule has 0 radical (unpaired) electrons. The fourth-order valence-electron chi connectivity index (χ4n) is 1.57. The first kappa shape index (κ1) is 14.0. The van der Waals surface area contributed by atoms with E-state index in [9.17, 15) is 22.4 Å². The normalized spacial score (nSPS) is 11.2. The molecule has 0 spiro atoms. The molecule has 1 aromatic carbocycles. The van der Waals surface area contributed by atoms with Crippen LogP contribution in [0.25, 0.3) is 11.1 Å². The third kappa shape index (κ3) is 3.31. The number of carbonyl (C=O) groups is 1. The van der Waals surface area contributed by atoms with E-state index in [-0.39, 0.29) is 23.1 Å². The van der Waals surface area contributed by atoms with Crippen molar-refractivity contribution >= 4 is 6.29 Å². The van der Waals surface area contributed by atoms with Crippen LogP contribution in [0.5, 0.6) is 5.75 Å². The van der Waals surface area contributed by atoms with Crippen LogP contribution >= 0.6 is 0 Å². The molecule has 0 aliphatic carbocycles. The Morgan fingerprint density at radius 1 is 1.15 bits per heavy atom. The van der Waals surface area contributed by atoms with E-state index < -0.39 is 17.9 Å². The zero-order chi connectivity index (χ0) is 14.8. The maximum atomic E-state index is 13.4. The van der Waals surface area contributed by atoms with Crippen LogP contribution in [-0.4, -0.2) is 17.6 Å². The molecule has 0 N–H and O–H groups in total. The maximum absolute atomic E-state index is 13.4. The van der Waals surface area contributed by atoms with Gasteiger partial charge in [0.1, 0.15) is 11.4 Å². The number of aromatic nitrogens is 1. The summed E-state index contributed by atoms with van der Waals surface area (Å²) in [7, 11) is 0. The van der Waals surface area contributed by atoms with Gasteiger partial charge in [0.15, 0.2) is 12.1 Å². The largest absolute Gasteiger partial charge is 0.573 e. The molecule has 0 fully saturated rings. The molecule has 20 heavy (non-hydrogen) atoms. The van der Waals surface area contributed by atoms with Crippen LogP contribution < -0.4 is 4.74 Å². The summed E-state index contributed by atoms with van der Waals surface area (Å²) in [6, 6.07) is 6.05. The molecule has 0 aliphatic heterocycles. The molecular weight excluding hydrogens is 278 g/mol. The highest BCUT2D eigenvalue weighted by Crippen LogP contribution is 2.28. The molecule has 3 nitrogen and oxygen atoms in total. The van der Waals surface area contributed by atoms with Crippen molar-refractivity contribution < 1.29 is 27.1 Å². The average molecular weight is 285 g/mol. The number of rotatable bonds is 3. The van der Waals surface area contributed by atoms with Crippen molar-refractivity contribution in [1.29, 1.82) is 0 Å².